The van der Waals surface area contributed by atoms with Crippen LogP contribution in [0.25, 0.3) is 0 Å². The fourth-order valence-electron chi connectivity index (χ4n) is 5.79. The normalized spacial score (nSPS) is 31.4. The van der Waals surface area contributed by atoms with E-state index in [1.54, 1.807) is 0 Å². The van der Waals surface area contributed by atoms with Gasteiger partial charge >= 0.3 is 5.97 Å². The summed E-state index contributed by atoms with van der Waals surface area (Å²) in [5.74, 6) is -3.45. The molecule has 1 aromatic rings. The van der Waals surface area contributed by atoms with E-state index < -0.39 is 53.9 Å². The maximum absolute atomic E-state index is 13.4. The molecule has 35 heavy (non-hydrogen) atoms. The highest BCUT2D eigenvalue weighted by Crippen LogP contribution is 2.44. The summed E-state index contributed by atoms with van der Waals surface area (Å²) < 4.78 is 24.7. The molecule has 1 aromatic heterocycles. The third-order valence-corrected chi connectivity index (χ3v) is 7.67. The first-order valence-corrected chi connectivity index (χ1v) is 12.7. The summed E-state index contributed by atoms with van der Waals surface area (Å²) in [5, 5.41) is 23.6. The highest BCUT2D eigenvalue weighted by Gasteiger charge is 2.56. The van der Waals surface area contributed by atoms with Crippen LogP contribution in [0.4, 0.5) is 0 Å². The van der Waals surface area contributed by atoms with E-state index in [2.05, 4.69) is 15.3 Å². The molecule has 1 amide bonds. The zero-order valence-electron chi connectivity index (χ0n) is 19.8. The first kappa shape index (κ1) is 24.6. The van der Waals surface area contributed by atoms with E-state index in [0.29, 0.717) is 18.5 Å². The Morgan fingerprint density at radius 3 is 2.37 bits per heavy atom. The molecule has 0 aromatic carbocycles. The van der Waals surface area contributed by atoms with Crippen LogP contribution in [0.5, 0.6) is 0 Å². The van der Waals surface area contributed by atoms with Crippen molar-refractivity contribution in [1.29, 1.82) is 0 Å². The number of imidazole rings is 1. The topological polar surface area (TPSA) is 152 Å². The van der Waals surface area contributed by atoms with Crippen LogP contribution in [0.15, 0.2) is 12.5 Å². The van der Waals surface area contributed by atoms with Crippen LogP contribution in [0.1, 0.15) is 69.9 Å². The number of H-pyrrole nitrogens is 1. The molecule has 2 spiro atoms. The standard InChI is InChI=1S/C24H35N3O8/c28-18(17-13-32-23(33-17)7-3-1-4-8-23)19-20(35-24(34-19)9-5-2-6-10-24)21(29)27-16(22(30)31)11-15-12-25-14-26-15/h12,14,16-20,28H,1-11,13H2,(H,25,26)(H,27,29)(H,30,31)/t16-,17+,18+,19+,20+/m0/s1. The number of rotatable bonds is 7. The molecule has 194 valence electrons. The molecule has 0 bridgehead atoms. The van der Waals surface area contributed by atoms with E-state index in [1.807, 2.05) is 0 Å². The van der Waals surface area contributed by atoms with Crippen molar-refractivity contribution in [2.75, 3.05) is 6.61 Å². The number of aromatic amines is 1. The fourth-order valence-corrected chi connectivity index (χ4v) is 5.79. The van der Waals surface area contributed by atoms with Gasteiger partial charge in [0.25, 0.3) is 5.91 Å². The number of carbonyl (C=O) groups is 2. The molecule has 4 N–H and O–H groups in total. The van der Waals surface area contributed by atoms with Crippen LogP contribution in [-0.4, -0.2) is 80.7 Å². The van der Waals surface area contributed by atoms with Crippen LogP contribution in [0.2, 0.25) is 0 Å². The van der Waals surface area contributed by atoms with E-state index in [-0.39, 0.29) is 13.0 Å². The Hall–Kier alpha value is -2.05. The van der Waals surface area contributed by atoms with E-state index in [9.17, 15) is 19.8 Å². The maximum Gasteiger partial charge on any atom is 0.326 e. The smallest absolute Gasteiger partial charge is 0.326 e. The van der Waals surface area contributed by atoms with Gasteiger partial charge in [-0.15, -0.1) is 0 Å². The van der Waals surface area contributed by atoms with Gasteiger partial charge in [-0.1, -0.05) is 12.8 Å². The second kappa shape index (κ2) is 10.1. The number of aliphatic hydroxyl groups excluding tert-OH is 1. The summed E-state index contributed by atoms with van der Waals surface area (Å²) in [7, 11) is 0. The van der Waals surface area contributed by atoms with E-state index in [1.165, 1.54) is 12.5 Å². The van der Waals surface area contributed by atoms with Gasteiger partial charge in [-0.05, 0) is 25.7 Å². The Labute approximate surface area is 203 Å². The lowest BCUT2D eigenvalue weighted by atomic mass is 9.94. The van der Waals surface area contributed by atoms with Gasteiger partial charge in [0.1, 0.15) is 24.4 Å². The molecule has 2 saturated carbocycles. The van der Waals surface area contributed by atoms with E-state index in [4.69, 9.17) is 18.9 Å². The number of aliphatic carboxylic acids is 1. The number of carbonyl (C=O) groups excluding carboxylic acids is 1. The van der Waals surface area contributed by atoms with Crippen molar-refractivity contribution >= 4 is 11.9 Å². The Morgan fingerprint density at radius 2 is 1.74 bits per heavy atom. The molecule has 4 fully saturated rings. The van der Waals surface area contributed by atoms with Crippen molar-refractivity contribution in [2.45, 2.75) is 113 Å². The SMILES string of the molecule is O=C(O)[C@H](Cc1cnc[nH]1)NC(=O)[C@@H]1OC2(CCCCC2)O[C@@H]1[C@H](O)[C@H]1COC2(CCCCC2)O1. The number of ether oxygens (including phenoxy) is 4. The predicted molar refractivity (Wildman–Crippen MR) is 120 cm³/mol. The van der Waals surface area contributed by atoms with Gasteiger partial charge in [0.05, 0.1) is 12.9 Å². The van der Waals surface area contributed by atoms with E-state index >= 15 is 0 Å². The van der Waals surface area contributed by atoms with Crippen LogP contribution >= 0.6 is 0 Å². The van der Waals surface area contributed by atoms with Crippen LogP contribution in [0, 0.1) is 0 Å². The fraction of sp³-hybridized carbons (Fsp3) is 0.792. The summed E-state index contributed by atoms with van der Waals surface area (Å²) >= 11 is 0. The third-order valence-electron chi connectivity index (χ3n) is 7.67. The van der Waals surface area contributed by atoms with Gasteiger partial charge in [-0.2, -0.15) is 0 Å². The third kappa shape index (κ3) is 5.24. The second-order valence-electron chi connectivity index (χ2n) is 10.2. The van der Waals surface area contributed by atoms with Crippen molar-refractivity contribution in [2.24, 2.45) is 0 Å². The highest BCUT2D eigenvalue weighted by molar-refractivity contribution is 5.87. The number of hydrogen-bond donors (Lipinski definition) is 4. The van der Waals surface area contributed by atoms with Crippen molar-refractivity contribution in [3.05, 3.63) is 18.2 Å². The van der Waals surface area contributed by atoms with Gasteiger partial charge in [0.15, 0.2) is 17.7 Å². The number of hydrogen-bond acceptors (Lipinski definition) is 8. The molecule has 5 atom stereocenters. The summed E-state index contributed by atoms with van der Waals surface area (Å²) in [5.41, 5.74) is 0.580. The predicted octanol–water partition coefficient (Wildman–Crippen LogP) is 1.40. The largest absolute Gasteiger partial charge is 0.480 e. The minimum Gasteiger partial charge on any atom is -0.480 e. The number of carboxylic acids is 1. The number of amides is 1. The minimum atomic E-state index is -1.19. The molecule has 0 radical (unpaired) electrons. The van der Waals surface area contributed by atoms with Crippen LogP contribution in [-0.2, 0) is 35.0 Å². The highest BCUT2D eigenvalue weighted by atomic mass is 16.8. The first-order chi connectivity index (χ1) is 16.9. The molecule has 5 rings (SSSR count). The van der Waals surface area contributed by atoms with Crippen molar-refractivity contribution < 1.29 is 38.7 Å². The zero-order valence-corrected chi connectivity index (χ0v) is 19.8. The molecule has 11 heteroatoms. The summed E-state index contributed by atoms with van der Waals surface area (Å²) in [4.78, 5) is 32.0. The van der Waals surface area contributed by atoms with Crippen LogP contribution in [0.3, 0.4) is 0 Å². The molecule has 0 unspecified atom stereocenters. The molecule has 4 aliphatic rings. The molecule has 2 aliphatic heterocycles. The summed E-state index contributed by atoms with van der Waals surface area (Å²) in [6.07, 6.45) is 7.77. The lowest BCUT2D eigenvalue weighted by Gasteiger charge is -2.34. The average molecular weight is 494 g/mol. The van der Waals surface area contributed by atoms with Crippen molar-refractivity contribution in [3.8, 4) is 0 Å². The molecule has 11 nitrogen and oxygen atoms in total. The summed E-state index contributed by atoms with van der Waals surface area (Å²) in [6, 6.07) is -1.19. The zero-order chi connectivity index (χ0) is 24.5. The summed E-state index contributed by atoms with van der Waals surface area (Å²) in [6.45, 7) is 0.208. The molecule has 2 aliphatic carbocycles. The number of carboxylic acid groups (broad SMARTS) is 1. The number of aromatic nitrogens is 2. The number of aliphatic hydroxyl groups is 1. The monoisotopic (exact) mass is 493 g/mol. The molecule has 3 heterocycles. The van der Waals surface area contributed by atoms with Crippen molar-refractivity contribution in [1.82, 2.24) is 15.3 Å². The van der Waals surface area contributed by atoms with Gasteiger partial charge in [-0.25, -0.2) is 9.78 Å². The Kier molecular flexibility index (Phi) is 7.13. The molecular formula is C24H35N3O8. The molecule has 2 saturated heterocycles. The van der Waals surface area contributed by atoms with Crippen LogP contribution < -0.4 is 5.32 Å². The lowest BCUT2D eigenvalue weighted by molar-refractivity contribution is -0.217. The quantitative estimate of drug-likeness (QED) is 0.442. The minimum absolute atomic E-state index is 0.0368. The first-order valence-electron chi connectivity index (χ1n) is 12.7. The lowest BCUT2D eigenvalue weighted by Crippen LogP contribution is -2.53. The Morgan fingerprint density at radius 1 is 1.06 bits per heavy atom. The van der Waals surface area contributed by atoms with Gasteiger partial charge in [0, 0.05) is 44.0 Å². The Bertz CT molecular complexity index is 881. The number of nitrogens with one attached hydrogen (secondary N) is 2. The van der Waals surface area contributed by atoms with Crippen molar-refractivity contribution in [3.63, 3.8) is 0 Å². The maximum atomic E-state index is 13.4. The molecular weight excluding hydrogens is 458 g/mol. The Balaban J connectivity index is 1.31. The number of nitrogens with zero attached hydrogens (tertiary/aromatic N) is 1. The van der Waals surface area contributed by atoms with Gasteiger partial charge in [-0.3, -0.25) is 4.79 Å². The average Bonchev–Trinajstić information content (AvgIpc) is 3.59. The second-order valence-corrected chi connectivity index (χ2v) is 10.2. The van der Waals surface area contributed by atoms with E-state index in [0.717, 1.165) is 51.4 Å². The van der Waals surface area contributed by atoms with Gasteiger partial charge in [0.2, 0.25) is 0 Å². The van der Waals surface area contributed by atoms with Gasteiger partial charge < -0.3 is 39.5 Å².